The van der Waals surface area contributed by atoms with Crippen LogP contribution in [0.25, 0.3) is 0 Å². The van der Waals surface area contributed by atoms with Gasteiger partial charge in [-0.2, -0.15) is 0 Å². The van der Waals surface area contributed by atoms with E-state index in [4.69, 9.17) is 10.8 Å². The number of carbonyl (C=O) groups excluding carboxylic acids is 1. The average Bonchev–Trinajstić information content (AvgIpc) is 2.53. The van der Waals surface area contributed by atoms with Gasteiger partial charge in [0, 0.05) is 28.8 Å². The van der Waals surface area contributed by atoms with Crippen LogP contribution in [0.2, 0.25) is 0 Å². The fourth-order valence-corrected chi connectivity index (χ4v) is 1.89. The van der Waals surface area contributed by atoms with Gasteiger partial charge in [0.2, 0.25) is 0 Å². The normalized spacial score (nSPS) is 9.64. The number of carboxylic acid groups (broad SMARTS) is 1. The van der Waals surface area contributed by atoms with Gasteiger partial charge in [-0.25, -0.2) is 0 Å². The Morgan fingerprint density at radius 1 is 1.05 bits per heavy atom. The molecule has 4 nitrogen and oxygen atoms in total. The molecule has 0 radical (unpaired) electrons. The van der Waals surface area contributed by atoms with Crippen LogP contribution in [0.1, 0.15) is 34.3 Å². The van der Waals surface area contributed by atoms with Crippen molar-refractivity contribution in [3.63, 3.8) is 0 Å². The first-order valence-electron chi connectivity index (χ1n) is 6.78. The summed E-state index contributed by atoms with van der Waals surface area (Å²) in [6.45, 7) is 0. The minimum Gasteiger partial charge on any atom is -0.481 e. The Labute approximate surface area is 128 Å². The van der Waals surface area contributed by atoms with Gasteiger partial charge in [0.05, 0.1) is 6.42 Å². The first-order chi connectivity index (χ1) is 10.6. The zero-order valence-corrected chi connectivity index (χ0v) is 11.9. The molecule has 22 heavy (non-hydrogen) atoms. The molecule has 0 aliphatic carbocycles. The Balaban J connectivity index is 2.23. The van der Waals surface area contributed by atoms with Crippen molar-refractivity contribution >= 4 is 17.4 Å². The first kappa shape index (κ1) is 15.3. The van der Waals surface area contributed by atoms with Crippen molar-refractivity contribution in [3.05, 3.63) is 65.2 Å². The van der Waals surface area contributed by atoms with E-state index >= 15 is 0 Å². The summed E-state index contributed by atoms with van der Waals surface area (Å²) < 4.78 is 0. The van der Waals surface area contributed by atoms with Crippen LogP contribution in [-0.4, -0.2) is 16.9 Å². The van der Waals surface area contributed by atoms with Crippen LogP contribution in [0.4, 0.5) is 5.69 Å². The quantitative estimate of drug-likeness (QED) is 0.516. The van der Waals surface area contributed by atoms with E-state index < -0.39 is 5.97 Å². The predicted molar refractivity (Wildman–Crippen MR) is 84.5 cm³/mol. The maximum absolute atomic E-state index is 12.4. The molecule has 2 aromatic carbocycles. The van der Waals surface area contributed by atoms with Crippen molar-refractivity contribution in [1.29, 1.82) is 0 Å². The van der Waals surface area contributed by atoms with Gasteiger partial charge in [-0.15, -0.1) is 0 Å². The maximum Gasteiger partial charge on any atom is 0.304 e. The first-order valence-corrected chi connectivity index (χ1v) is 6.78. The molecule has 2 aromatic rings. The van der Waals surface area contributed by atoms with Crippen LogP contribution >= 0.6 is 0 Å². The SMILES string of the molecule is Nc1ccc(C(=O)c2ccccc2)cc1C#CCCC(=O)O. The molecule has 0 amide bonds. The zero-order chi connectivity index (χ0) is 15.9. The van der Waals surface area contributed by atoms with E-state index in [2.05, 4.69) is 11.8 Å². The number of rotatable bonds is 4. The molecular weight excluding hydrogens is 278 g/mol. The molecule has 0 saturated carbocycles. The molecule has 0 heterocycles. The molecule has 4 heteroatoms. The molecule has 3 N–H and O–H groups in total. The van der Waals surface area contributed by atoms with Gasteiger partial charge in [0.25, 0.3) is 0 Å². The summed E-state index contributed by atoms with van der Waals surface area (Å²) in [7, 11) is 0. The molecule has 0 atom stereocenters. The minimum absolute atomic E-state index is 0.0183. The predicted octanol–water partition coefficient (Wildman–Crippen LogP) is 2.72. The van der Waals surface area contributed by atoms with Crippen LogP contribution in [0.5, 0.6) is 0 Å². The third-order valence-electron chi connectivity index (χ3n) is 3.04. The summed E-state index contributed by atoms with van der Waals surface area (Å²) in [6.07, 6.45) is 0.223. The molecule has 0 fully saturated rings. The highest BCUT2D eigenvalue weighted by molar-refractivity contribution is 6.09. The number of benzene rings is 2. The second-order valence-corrected chi connectivity index (χ2v) is 4.69. The van der Waals surface area contributed by atoms with Crippen LogP contribution < -0.4 is 5.73 Å². The molecule has 0 bridgehead atoms. The highest BCUT2D eigenvalue weighted by atomic mass is 16.4. The second-order valence-electron chi connectivity index (χ2n) is 4.69. The van der Waals surface area contributed by atoms with E-state index in [0.717, 1.165) is 0 Å². The number of ketones is 1. The van der Waals surface area contributed by atoms with E-state index in [1.54, 1.807) is 42.5 Å². The lowest BCUT2D eigenvalue weighted by Gasteiger charge is -2.04. The van der Waals surface area contributed by atoms with Gasteiger partial charge in [0.15, 0.2) is 5.78 Å². The van der Waals surface area contributed by atoms with Gasteiger partial charge < -0.3 is 10.8 Å². The highest BCUT2D eigenvalue weighted by Crippen LogP contribution is 2.16. The monoisotopic (exact) mass is 293 g/mol. The third kappa shape index (κ3) is 3.97. The van der Waals surface area contributed by atoms with Gasteiger partial charge in [0.1, 0.15) is 0 Å². The van der Waals surface area contributed by atoms with Crippen molar-refractivity contribution in [2.45, 2.75) is 12.8 Å². The van der Waals surface area contributed by atoms with Gasteiger partial charge in [-0.1, -0.05) is 42.2 Å². The number of anilines is 1. The van der Waals surface area contributed by atoms with Crippen LogP contribution in [0.3, 0.4) is 0 Å². The van der Waals surface area contributed by atoms with Gasteiger partial charge in [-0.05, 0) is 18.2 Å². The minimum atomic E-state index is -0.893. The molecular formula is C18H15NO3. The zero-order valence-electron chi connectivity index (χ0n) is 11.9. The van der Waals surface area contributed by atoms with Crippen molar-refractivity contribution in [3.8, 4) is 11.8 Å². The molecule has 110 valence electrons. The summed E-state index contributed by atoms with van der Waals surface area (Å²) in [4.78, 5) is 22.8. The van der Waals surface area contributed by atoms with Crippen LogP contribution in [0.15, 0.2) is 48.5 Å². The van der Waals surface area contributed by atoms with E-state index in [9.17, 15) is 9.59 Å². The second kappa shape index (κ2) is 7.09. The number of nitrogens with two attached hydrogens (primary N) is 1. The lowest BCUT2D eigenvalue weighted by molar-refractivity contribution is -0.136. The average molecular weight is 293 g/mol. The highest BCUT2D eigenvalue weighted by Gasteiger charge is 2.09. The van der Waals surface area contributed by atoms with Gasteiger partial charge >= 0.3 is 5.97 Å². The Morgan fingerprint density at radius 3 is 2.45 bits per heavy atom. The van der Waals surface area contributed by atoms with E-state index in [1.165, 1.54) is 0 Å². The molecule has 0 aliphatic rings. The number of carboxylic acids is 1. The van der Waals surface area contributed by atoms with Crippen LogP contribution in [-0.2, 0) is 4.79 Å². The summed E-state index contributed by atoms with van der Waals surface area (Å²) in [5.41, 5.74) is 7.94. The number of carbonyl (C=O) groups is 2. The molecule has 0 aromatic heterocycles. The van der Waals surface area contributed by atoms with Crippen molar-refractivity contribution in [1.82, 2.24) is 0 Å². The Bertz CT molecular complexity index is 755. The number of hydrogen-bond acceptors (Lipinski definition) is 3. The Morgan fingerprint density at radius 2 is 1.77 bits per heavy atom. The van der Waals surface area contributed by atoms with E-state index in [0.29, 0.717) is 22.4 Å². The smallest absolute Gasteiger partial charge is 0.304 e. The standard InChI is InChI=1S/C18H15NO3/c19-16-11-10-15(18(22)13-6-2-1-3-7-13)12-14(16)8-4-5-9-17(20)21/h1-3,6-7,10-12H,5,9,19H2,(H,20,21). The molecule has 0 aliphatic heterocycles. The molecule has 2 rings (SSSR count). The third-order valence-corrected chi connectivity index (χ3v) is 3.04. The van der Waals surface area contributed by atoms with E-state index in [-0.39, 0.29) is 18.6 Å². The fraction of sp³-hybridized carbons (Fsp3) is 0.111. The van der Waals surface area contributed by atoms with Crippen molar-refractivity contribution < 1.29 is 14.7 Å². The number of nitrogen functional groups attached to an aromatic ring is 1. The summed E-state index contributed by atoms with van der Waals surface area (Å²) in [5.74, 6) is 4.59. The Kier molecular flexibility index (Phi) is 4.94. The lowest BCUT2D eigenvalue weighted by atomic mass is 10.0. The summed E-state index contributed by atoms with van der Waals surface area (Å²) in [5, 5.41) is 8.57. The largest absolute Gasteiger partial charge is 0.481 e. The molecule has 0 unspecified atom stereocenters. The number of aliphatic carboxylic acids is 1. The van der Waals surface area contributed by atoms with Gasteiger partial charge in [-0.3, -0.25) is 9.59 Å². The topological polar surface area (TPSA) is 80.4 Å². The molecule has 0 saturated heterocycles. The fourth-order valence-electron chi connectivity index (χ4n) is 1.89. The summed E-state index contributed by atoms with van der Waals surface area (Å²) in [6, 6.07) is 13.9. The van der Waals surface area contributed by atoms with E-state index in [1.807, 2.05) is 6.07 Å². The van der Waals surface area contributed by atoms with Crippen molar-refractivity contribution in [2.24, 2.45) is 0 Å². The lowest BCUT2D eigenvalue weighted by Crippen LogP contribution is -2.02. The maximum atomic E-state index is 12.4. The summed E-state index contributed by atoms with van der Waals surface area (Å²) >= 11 is 0. The van der Waals surface area contributed by atoms with Crippen molar-refractivity contribution in [2.75, 3.05) is 5.73 Å². The number of hydrogen-bond donors (Lipinski definition) is 2. The molecule has 0 spiro atoms. The Hall–Kier alpha value is -3.06. The van der Waals surface area contributed by atoms with Crippen LogP contribution in [0, 0.1) is 11.8 Å².